The Balaban J connectivity index is 1.81. The maximum atomic E-state index is 13.5. The van der Waals surface area contributed by atoms with E-state index >= 15 is 0 Å². The predicted molar refractivity (Wildman–Crippen MR) is 285 cm³/mol. The van der Waals surface area contributed by atoms with Gasteiger partial charge in [0.05, 0.1) is 48.8 Å². The molecule has 1 unspecified atom stereocenters. The summed E-state index contributed by atoms with van der Waals surface area (Å²) >= 11 is 0. The molecule has 0 aliphatic carbocycles. The molecule has 0 aromatic heterocycles. The van der Waals surface area contributed by atoms with E-state index in [0.717, 1.165) is 5.57 Å². The molecule has 0 saturated carbocycles. The van der Waals surface area contributed by atoms with Crippen molar-refractivity contribution in [1.82, 2.24) is 0 Å². The van der Waals surface area contributed by atoms with Gasteiger partial charge in [0, 0.05) is 38.5 Å². The van der Waals surface area contributed by atoms with Crippen molar-refractivity contribution < 1.29 is 70.1 Å². The molecule has 0 amide bonds. The monoisotopic (exact) mass is 1010 g/mol. The van der Waals surface area contributed by atoms with Gasteiger partial charge >= 0.3 is 11.9 Å². The van der Waals surface area contributed by atoms with Crippen LogP contribution in [0.5, 0.6) is 11.5 Å². The Morgan fingerprint density at radius 2 is 0.959 bits per heavy atom. The highest BCUT2D eigenvalue weighted by atomic mass is 16.6. The molecule has 0 spiro atoms. The summed E-state index contributed by atoms with van der Waals surface area (Å²) in [6.45, 7) is 6.84. The molecular formula is C59H78O14. The van der Waals surface area contributed by atoms with Gasteiger partial charge in [-0.25, -0.2) is 9.59 Å². The predicted octanol–water partition coefficient (Wildman–Crippen LogP) is 8.19. The molecule has 1 heterocycles. The highest BCUT2D eigenvalue weighted by molar-refractivity contribution is 5.97. The first-order chi connectivity index (χ1) is 34.8. The largest absolute Gasteiger partial charge is 0.507 e. The van der Waals surface area contributed by atoms with Gasteiger partial charge in [0.15, 0.2) is 0 Å². The standard InChI is InChI=1S/C59H78O14/c1-40-20-12-8-5-6-10-14-22-44-24-16-30-54(68)56(44)58(70)72-52(34-42(3)60)38-48(64)29-19-27-47(63)37-51(67)33-41(2)21-13-9-7-11-15-23-45-25-17-31-55(69)57(45)59(71)73-53(35-43(4)61)39-49(65)28-18-26-46(62)36-50(66)32-40/h5-27,30-31,40,42-43,46-53,60-69H,28-29,32-39H2,1-4H3/t40?,42-,43-,46-,47-,48+,49+,50+,51+,52+,53+/m1/s1. The van der Waals surface area contributed by atoms with Crippen LogP contribution < -0.4 is 0 Å². The second-order valence-corrected chi connectivity index (χ2v) is 18.8. The van der Waals surface area contributed by atoms with Gasteiger partial charge in [-0.3, -0.25) is 0 Å². The van der Waals surface area contributed by atoms with E-state index in [1.54, 1.807) is 109 Å². The Bertz CT molecular complexity index is 2300. The van der Waals surface area contributed by atoms with Gasteiger partial charge in [0.25, 0.3) is 0 Å². The summed E-state index contributed by atoms with van der Waals surface area (Å²) in [6.07, 6.45) is 24.1. The number of carbonyl (C=O) groups is 2. The number of phenols is 2. The number of carbonyl (C=O) groups excluding carboxylic acids is 2. The number of rotatable bonds is 4. The van der Waals surface area contributed by atoms with Crippen LogP contribution in [0.1, 0.15) is 124 Å². The highest BCUT2D eigenvalue weighted by Crippen LogP contribution is 2.27. The molecule has 11 atom stereocenters. The third-order valence-corrected chi connectivity index (χ3v) is 11.5. The lowest BCUT2D eigenvalue weighted by Crippen LogP contribution is -2.27. The van der Waals surface area contributed by atoms with Gasteiger partial charge in [-0.2, -0.15) is 0 Å². The van der Waals surface area contributed by atoms with E-state index in [9.17, 15) is 60.7 Å². The molecule has 2 aromatic rings. The highest BCUT2D eigenvalue weighted by Gasteiger charge is 2.26. The van der Waals surface area contributed by atoms with Crippen molar-refractivity contribution in [3.8, 4) is 11.5 Å². The second kappa shape index (κ2) is 33.7. The lowest BCUT2D eigenvalue weighted by Gasteiger charge is -2.22. The molecule has 1 aliphatic rings. The number of allylic oxidation sites excluding steroid dienone is 13. The Labute approximate surface area is 430 Å². The van der Waals surface area contributed by atoms with Crippen LogP contribution in [0.3, 0.4) is 0 Å². The number of aliphatic hydroxyl groups excluding tert-OH is 8. The van der Waals surface area contributed by atoms with Crippen LogP contribution in [-0.2, 0) is 9.47 Å². The lowest BCUT2D eigenvalue weighted by molar-refractivity contribution is -0.00168. The van der Waals surface area contributed by atoms with Crippen LogP contribution >= 0.6 is 0 Å². The number of ether oxygens (including phenoxy) is 2. The maximum absolute atomic E-state index is 13.5. The first kappa shape index (κ1) is 61.4. The minimum Gasteiger partial charge on any atom is -0.507 e. The third kappa shape index (κ3) is 25.5. The van der Waals surface area contributed by atoms with Crippen LogP contribution in [0.4, 0.5) is 0 Å². The van der Waals surface area contributed by atoms with Crippen molar-refractivity contribution in [1.29, 1.82) is 0 Å². The van der Waals surface area contributed by atoms with Gasteiger partial charge in [-0.15, -0.1) is 0 Å². The molecule has 1 aliphatic heterocycles. The van der Waals surface area contributed by atoms with E-state index < -0.39 is 73.0 Å². The molecule has 3 rings (SSSR count). The lowest BCUT2D eigenvalue weighted by atomic mass is 9.98. The Morgan fingerprint density at radius 3 is 1.42 bits per heavy atom. The minimum atomic E-state index is -1.01. The van der Waals surface area contributed by atoms with Crippen molar-refractivity contribution in [2.75, 3.05) is 0 Å². The average Bonchev–Trinajstić information content (AvgIpc) is 3.28. The minimum absolute atomic E-state index is 0.0265. The van der Waals surface area contributed by atoms with Gasteiger partial charge < -0.3 is 60.5 Å². The van der Waals surface area contributed by atoms with Crippen LogP contribution in [-0.4, -0.2) is 124 Å². The average molecular weight is 1010 g/mol. The number of benzene rings is 2. The van der Waals surface area contributed by atoms with E-state index in [-0.39, 0.29) is 86.3 Å². The zero-order valence-electron chi connectivity index (χ0n) is 42.5. The fraction of sp³-hybridized carbons (Fsp3) is 0.424. The molecule has 0 fully saturated rings. The van der Waals surface area contributed by atoms with Gasteiger partial charge in [0.1, 0.15) is 34.8 Å². The molecule has 0 bridgehead atoms. The van der Waals surface area contributed by atoms with Gasteiger partial charge in [-0.1, -0.05) is 152 Å². The van der Waals surface area contributed by atoms with Crippen LogP contribution in [0.25, 0.3) is 12.2 Å². The molecule has 14 nitrogen and oxygen atoms in total. The molecule has 0 saturated heterocycles. The Kier molecular flexibility index (Phi) is 28.3. The van der Waals surface area contributed by atoms with E-state index in [1.807, 2.05) is 32.1 Å². The summed E-state index contributed by atoms with van der Waals surface area (Å²) in [5.74, 6) is -2.30. The van der Waals surface area contributed by atoms with Gasteiger partial charge in [0.2, 0.25) is 0 Å². The Hall–Kier alpha value is -5.94. The third-order valence-electron chi connectivity index (χ3n) is 11.5. The quantitative estimate of drug-likeness (QED) is 0.102. The summed E-state index contributed by atoms with van der Waals surface area (Å²) in [5, 5.41) is 106. The normalized spacial score (nSPS) is 26.6. The number of aliphatic hydroxyl groups is 8. The molecule has 2 aromatic carbocycles. The van der Waals surface area contributed by atoms with Crippen molar-refractivity contribution in [3.05, 3.63) is 168 Å². The maximum Gasteiger partial charge on any atom is 0.342 e. The molecule has 73 heavy (non-hydrogen) atoms. The fourth-order valence-corrected chi connectivity index (χ4v) is 8.07. The molecule has 0 radical (unpaired) electrons. The molecular weight excluding hydrogens is 933 g/mol. The fourth-order valence-electron chi connectivity index (χ4n) is 8.07. The summed E-state index contributed by atoms with van der Waals surface area (Å²) in [5.41, 5.74) is 1.44. The van der Waals surface area contributed by atoms with Crippen molar-refractivity contribution >= 4 is 24.1 Å². The SMILES string of the molecule is CC1=CC=CC=CC=Cc2cccc(O)c2C(=O)O[C@@H](C[C@@H](C)O)C[C@@H](O)CC=C[C@@H](O)C[C@@H](O)CC(C)C=CC=CC=CC=Cc2cccc(O)c2C(=O)O[C@@H](C[C@@H](C)O)C[C@@H](O)CC=C[C@@H](O)C[C@@H](O)C1. The van der Waals surface area contributed by atoms with Crippen molar-refractivity contribution in [2.24, 2.45) is 5.92 Å². The zero-order valence-corrected chi connectivity index (χ0v) is 42.5. The van der Waals surface area contributed by atoms with E-state index in [1.165, 1.54) is 38.1 Å². The van der Waals surface area contributed by atoms with E-state index in [0.29, 0.717) is 17.5 Å². The smallest absolute Gasteiger partial charge is 0.342 e. The molecule has 14 heteroatoms. The second-order valence-electron chi connectivity index (χ2n) is 18.8. The summed E-state index contributed by atoms with van der Waals surface area (Å²) < 4.78 is 11.5. The first-order valence-electron chi connectivity index (χ1n) is 25.0. The van der Waals surface area contributed by atoms with Crippen molar-refractivity contribution in [3.63, 3.8) is 0 Å². The zero-order chi connectivity index (χ0) is 53.7. The number of esters is 2. The van der Waals surface area contributed by atoms with Crippen LogP contribution in [0, 0.1) is 5.92 Å². The van der Waals surface area contributed by atoms with Crippen LogP contribution in [0.15, 0.2) is 145 Å². The first-order valence-corrected chi connectivity index (χ1v) is 25.0. The molecule has 398 valence electrons. The van der Waals surface area contributed by atoms with E-state index in [4.69, 9.17) is 9.47 Å². The van der Waals surface area contributed by atoms with Crippen LogP contribution in [0.2, 0.25) is 0 Å². The number of cyclic esters (lactones) is 2. The summed E-state index contributed by atoms with van der Waals surface area (Å²) in [7, 11) is 0. The number of hydrogen-bond acceptors (Lipinski definition) is 14. The molecule has 10 N–H and O–H groups in total. The Morgan fingerprint density at radius 1 is 0.534 bits per heavy atom. The number of aromatic hydroxyl groups is 2. The topological polar surface area (TPSA) is 255 Å². The van der Waals surface area contributed by atoms with Gasteiger partial charge in [-0.05, 0) is 75.6 Å². The number of fused-ring (bicyclic) bond motifs is 2. The number of phenolic OH excluding ortho intramolecular Hbond substituents is 2. The van der Waals surface area contributed by atoms with E-state index in [2.05, 4.69) is 0 Å². The van der Waals surface area contributed by atoms with Crippen molar-refractivity contribution in [2.45, 2.75) is 153 Å². The summed E-state index contributed by atoms with van der Waals surface area (Å²) in [6, 6.07) is 9.17. The number of hydrogen-bond donors (Lipinski definition) is 10. The summed E-state index contributed by atoms with van der Waals surface area (Å²) in [4.78, 5) is 26.9.